The molecule has 0 aromatic heterocycles. The summed E-state index contributed by atoms with van der Waals surface area (Å²) in [4.78, 5) is 15.4. The fourth-order valence-corrected chi connectivity index (χ4v) is 1.46. The van der Waals surface area contributed by atoms with E-state index in [4.69, 9.17) is 11.6 Å². The normalized spacial score (nSPS) is 14.6. The quantitative estimate of drug-likeness (QED) is 0.567. The first-order chi connectivity index (χ1) is 6.18. The lowest BCUT2D eigenvalue weighted by molar-refractivity contribution is -0.106. The molecule has 13 heavy (non-hydrogen) atoms. The lowest BCUT2D eigenvalue weighted by Crippen LogP contribution is -2.33. The fraction of sp³-hybridized carbons (Fsp3) is 0.111. The lowest BCUT2D eigenvalue weighted by atomic mass is 9.62. The minimum atomic E-state index is -0.0689. The van der Waals surface area contributed by atoms with E-state index in [-0.39, 0.29) is 5.68 Å². The zero-order valence-electron chi connectivity index (χ0n) is 7.04. The molecule has 63 valence electrons. The third-order valence-electron chi connectivity index (χ3n) is 1.95. The van der Waals surface area contributed by atoms with Crippen molar-refractivity contribution in [3.63, 3.8) is 0 Å². The molecule has 1 aromatic rings. The van der Waals surface area contributed by atoms with E-state index in [0.717, 1.165) is 11.2 Å². The van der Waals surface area contributed by atoms with Crippen molar-refractivity contribution in [3.8, 4) is 0 Å². The van der Waals surface area contributed by atoms with Gasteiger partial charge in [0.2, 0.25) is 0 Å². The molecule has 0 fully saturated rings. The highest BCUT2D eigenvalue weighted by Crippen LogP contribution is 2.17. The average Bonchev–Trinajstić information content (AvgIpc) is 2.09. The van der Waals surface area contributed by atoms with Crippen LogP contribution in [0.5, 0.6) is 0 Å². The zero-order chi connectivity index (χ0) is 9.42. The summed E-state index contributed by atoms with van der Waals surface area (Å²) in [6.45, 7) is 1.70. The maximum Gasteiger partial charge on any atom is 0.254 e. The molecular weight excluding hydrogens is 184 g/mol. The molecule has 1 radical (unpaired) electrons. The van der Waals surface area contributed by atoms with E-state index in [9.17, 15) is 4.79 Å². The van der Waals surface area contributed by atoms with Crippen molar-refractivity contribution in [2.45, 2.75) is 6.92 Å². The molecule has 0 unspecified atom stereocenters. The van der Waals surface area contributed by atoms with Gasteiger partial charge in [0.1, 0.15) is 5.68 Å². The topological polar surface area (TPSA) is 29.4 Å². The van der Waals surface area contributed by atoms with Crippen LogP contribution in [0.4, 0.5) is 5.69 Å². The third kappa shape index (κ3) is 1.40. The lowest BCUT2D eigenvalue weighted by Gasteiger charge is -2.12. The number of carbonyl (C=O) groups excluding carboxylic acids is 1. The number of rotatable bonds is 0. The Kier molecular flexibility index (Phi) is 1.96. The largest absolute Gasteiger partial charge is 0.305 e. The molecule has 2 nitrogen and oxygen atoms in total. The second-order valence-electron chi connectivity index (χ2n) is 2.88. The highest BCUT2D eigenvalue weighted by Gasteiger charge is 2.20. The summed E-state index contributed by atoms with van der Waals surface area (Å²) in [6, 6.07) is 5.41. The van der Waals surface area contributed by atoms with Crippen LogP contribution in [0.25, 0.3) is 0 Å². The van der Waals surface area contributed by atoms with Gasteiger partial charge < -0.3 is 4.79 Å². The van der Waals surface area contributed by atoms with E-state index in [2.05, 4.69) is 4.99 Å². The molecule has 1 aliphatic rings. The molecule has 0 spiro atoms. The fourth-order valence-electron chi connectivity index (χ4n) is 1.24. The third-order valence-corrected chi connectivity index (χ3v) is 2.28. The van der Waals surface area contributed by atoms with Crippen LogP contribution in [0.1, 0.15) is 6.92 Å². The number of nitrogens with zero attached hydrogens (tertiary/aromatic N) is 1. The van der Waals surface area contributed by atoms with Gasteiger partial charge in [-0.1, -0.05) is 17.7 Å². The summed E-state index contributed by atoms with van der Waals surface area (Å²) >= 11 is 5.90. The summed E-state index contributed by atoms with van der Waals surface area (Å²) in [5.41, 5.74) is 1.93. The molecule has 0 bridgehead atoms. The summed E-state index contributed by atoms with van der Waals surface area (Å²) in [7, 11) is 1.53. The first-order valence-corrected chi connectivity index (χ1v) is 4.29. The van der Waals surface area contributed by atoms with E-state index in [0.29, 0.717) is 10.7 Å². The van der Waals surface area contributed by atoms with Crippen LogP contribution in [0.3, 0.4) is 0 Å². The van der Waals surface area contributed by atoms with Gasteiger partial charge in [-0.2, -0.15) is 0 Å². The van der Waals surface area contributed by atoms with Gasteiger partial charge in [-0.15, -0.1) is 0 Å². The van der Waals surface area contributed by atoms with Crippen LogP contribution >= 0.6 is 11.6 Å². The number of fused-ring (bicyclic) bond motifs is 1. The van der Waals surface area contributed by atoms with Gasteiger partial charge >= 0.3 is 0 Å². The number of benzene rings is 1. The Morgan fingerprint density at radius 1 is 1.46 bits per heavy atom. The predicted octanol–water partition coefficient (Wildman–Crippen LogP) is 1.30. The van der Waals surface area contributed by atoms with E-state index < -0.39 is 0 Å². The van der Waals surface area contributed by atoms with Crippen molar-refractivity contribution in [3.05, 3.63) is 23.2 Å². The average molecular weight is 190 g/mol. The first kappa shape index (κ1) is 8.51. The van der Waals surface area contributed by atoms with Crippen molar-refractivity contribution in [1.29, 1.82) is 0 Å². The first-order valence-electron chi connectivity index (χ1n) is 3.91. The molecule has 4 heteroatoms. The van der Waals surface area contributed by atoms with Gasteiger partial charge in [-0.25, -0.2) is 0 Å². The minimum absolute atomic E-state index is 0.0689. The van der Waals surface area contributed by atoms with Gasteiger partial charge in [-0.3, -0.25) is 4.99 Å². The maximum atomic E-state index is 11.3. The SMILES string of the molecule is CC1=Nc2cccc(Cl)c2[B]C1=O. The Balaban J connectivity index is 2.62. The molecule has 1 aromatic carbocycles. The molecule has 0 saturated heterocycles. The summed E-state index contributed by atoms with van der Waals surface area (Å²) in [5.74, 6) is 0. The second kappa shape index (κ2) is 3.00. The van der Waals surface area contributed by atoms with E-state index in [1.807, 2.05) is 12.1 Å². The van der Waals surface area contributed by atoms with Gasteiger partial charge in [0.05, 0.1) is 11.4 Å². The molecule has 1 aliphatic heterocycles. The molecule has 1 heterocycles. The number of hydrogen-bond donors (Lipinski definition) is 0. The second-order valence-corrected chi connectivity index (χ2v) is 3.29. The van der Waals surface area contributed by atoms with Crippen molar-refractivity contribution >= 4 is 41.4 Å². The van der Waals surface area contributed by atoms with Crippen molar-refractivity contribution in [2.24, 2.45) is 4.99 Å². The molecule has 0 saturated carbocycles. The van der Waals surface area contributed by atoms with Gasteiger partial charge in [0, 0.05) is 5.02 Å². The monoisotopic (exact) mass is 190 g/mol. The summed E-state index contributed by atoms with van der Waals surface area (Å²) < 4.78 is 0. The van der Waals surface area contributed by atoms with E-state index in [1.54, 1.807) is 13.0 Å². The summed E-state index contributed by atoms with van der Waals surface area (Å²) in [5, 5.41) is 0.571. The minimum Gasteiger partial charge on any atom is -0.305 e. The predicted molar refractivity (Wildman–Crippen MR) is 54.6 cm³/mol. The van der Waals surface area contributed by atoms with Gasteiger partial charge in [0.25, 0.3) is 7.28 Å². The Hall–Kier alpha value is -1.09. The van der Waals surface area contributed by atoms with Gasteiger partial charge in [0.15, 0.2) is 0 Å². The Bertz CT molecular complexity index is 414. The number of halogens is 1. The van der Waals surface area contributed by atoms with Crippen LogP contribution in [-0.4, -0.2) is 18.7 Å². The van der Waals surface area contributed by atoms with Crippen LogP contribution in [-0.2, 0) is 4.79 Å². The number of carbonyl (C=O) groups is 1. The molecule has 0 atom stereocenters. The highest BCUT2D eigenvalue weighted by molar-refractivity contribution is 6.98. The van der Waals surface area contributed by atoms with Crippen LogP contribution < -0.4 is 5.46 Å². The number of aliphatic imine (C=N–C) groups is 1. The standard InChI is InChI=1S/C9H6BClNO/c1-5-9(13)10-8-6(11)3-2-4-7(8)12-5/h2-4H,1H3. The molecule has 2 rings (SSSR count). The van der Waals surface area contributed by atoms with Crippen molar-refractivity contribution in [1.82, 2.24) is 0 Å². The Morgan fingerprint density at radius 3 is 3.00 bits per heavy atom. The molecule has 0 N–H and O–H groups in total. The van der Waals surface area contributed by atoms with Crippen molar-refractivity contribution in [2.75, 3.05) is 0 Å². The van der Waals surface area contributed by atoms with Crippen LogP contribution in [0, 0.1) is 0 Å². The molecular formula is C9H6BClNO. The molecule has 0 amide bonds. The maximum absolute atomic E-state index is 11.3. The van der Waals surface area contributed by atoms with Crippen LogP contribution in [0.15, 0.2) is 23.2 Å². The zero-order valence-corrected chi connectivity index (χ0v) is 7.80. The number of hydrogen-bond acceptors (Lipinski definition) is 2. The Morgan fingerprint density at radius 2 is 2.23 bits per heavy atom. The van der Waals surface area contributed by atoms with E-state index in [1.165, 1.54) is 7.28 Å². The van der Waals surface area contributed by atoms with Crippen molar-refractivity contribution < 1.29 is 4.79 Å². The Labute approximate surface area is 81.9 Å². The molecule has 0 aliphatic carbocycles. The van der Waals surface area contributed by atoms with Gasteiger partial charge in [-0.05, 0) is 24.5 Å². The van der Waals surface area contributed by atoms with E-state index >= 15 is 0 Å². The summed E-state index contributed by atoms with van der Waals surface area (Å²) in [6.07, 6.45) is 0. The van der Waals surface area contributed by atoms with Crippen LogP contribution in [0.2, 0.25) is 5.02 Å². The highest BCUT2D eigenvalue weighted by atomic mass is 35.5. The smallest absolute Gasteiger partial charge is 0.254 e.